The lowest BCUT2D eigenvalue weighted by molar-refractivity contribution is -0.124. The molecule has 1 aromatic carbocycles. The summed E-state index contributed by atoms with van der Waals surface area (Å²) in [6, 6.07) is 9.83. The Morgan fingerprint density at radius 3 is 2.53 bits per heavy atom. The van der Waals surface area contributed by atoms with E-state index in [0.29, 0.717) is 6.54 Å². The van der Waals surface area contributed by atoms with E-state index in [1.54, 1.807) is 6.92 Å². The maximum absolute atomic E-state index is 11.3. The van der Waals surface area contributed by atoms with E-state index in [-0.39, 0.29) is 5.78 Å². The summed E-state index contributed by atoms with van der Waals surface area (Å²) in [7, 11) is 0. The first-order valence-corrected chi connectivity index (χ1v) is 5.58. The van der Waals surface area contributed by atoms with Gasteiger partial charge in [0.25, 0.3) is 0 Å². The van der Waals surface area contributed by atoms with Crippen LogP contribution in [-0.2, 0) is 16.0 Å². The molecule has 4 nitrogen and oxygen atoms in total. The monoisotopic (exact) mass is 235 g/mol. The first kappa shape index (κ1) is 13.2. The van der Waals surface area contributed by atoms with E-state index < -0.39 is 12.2 Å². The van der Waals surface area contributed by atoms with Gasteiger partial charge in [-0.3, -0.25) is 4.79 Å². The van der Waals surface area contributed by atoms with Gasteiger partial charge in [-0.25, -0.2) is 4.79 Å². The summed E-state index contributed by atoms with van der Waals surface area (Å²) in [4.78, 5) is 22.1. The zero-order valence-corrected chi connectivity index (χ0v) is 10.1. The standard InChI is InChI=1S/C13H17NO3/c1-10(15)11(2)17-13(16)14-9-8-12-6-4-3-5-7-12/h3-7,11H,8-9H2,1-2H3,(H,14,16). The van der Waals surface area contributed by atoms with Crippen LogP contribution in [0.5, 0.6) is 0 Å². The van der Waals surface area contributed by atoms with Crippen molar-refractivity contribution in [3.8, 4) is 0 Å². The number of benzene rings is 1. The molecule has 4 heteroatoms. The van der Waals surface area contributed by atoms with Crippen LogP contribution in [0.15, 0.2) is 30.3 Å². The largest absolute Gasteiger partial charge is 0.439 e. The van der Waals surface area contributed by atoms with Crippen molar-refractivity contribution in [2.24, 2.45) is 0 Å². The Hall–Kier alpha value is -1.84. The number of amides is 1. The van der Waals surface area contributed by atoms with E-state index in [0.717, 1.165) is 12.0 Å². The predicted molar refractivity (Wildman–Crippen MR) is 64.8 cm³/mol. The van der Waals surface area contributed by atoms with Crippen LogP contribution in [0.4, 0.5) is 4.79 Å². The lowest BCUT2D eigenvalue weighted by Crippen LogP contribution is -2.31. The van der Waals surface area contributed by atoms with Gasteiger partial charge in [0.2, 0.25) is 0 Å². The Balaban J connectivity index is 2.23. The van der Waals surface area contributed by atoms with Gasteiger partial charge in [-0.05, 0) is 25.8 Å². The number of carbonyl (C=O) groups excluding carboxylic acids is 2. The molecule has 0 bridgehead atoms. The molecular formula is C13H17NO3. The number of rotatable bonds is 5. The van der Waals surface area contributed by atoms with Crippen LogP contribution >= 0.6 is 0 Å². The third-order valence-corrected chi connectivity index (χ3v) is 2.38. The maximum Gasteiger partial charge on any atom is 0.407 e. The fourth-order valence-electron chi connectivity index (χ4n) is 1.24. The molecule has 0 heterocycles. The van der Waals surface area contributed by atoms with Gasteiger partial charge in [-0.1, -0.05) is 30.3 Å². The fourth-order valence-corrected chi connectivity index (χ4v) is 1.24. The highest BCUT2D eigenvalue weighted by atomic mass is 16.6. The SMILES string of the molecule is CC(=O)C(C)OC(=O)NCCc1ccccc1. The molecule has 17 heavy (non-hydrogen) atoms. The first-order valence-electron chi connectivity index (χ1n) is 5.58. The quantitative estimate of drug-likeness (QED) is 0.848. The van der Waals surface area contributed by atoms with Crippen LogP contribution in [0.2, 0.25) is 0 Å². The zero-order valence-electron chi connectivity index (χ0n) is 10.1. The summed E-state index contributed by atoms with van der Waals surface area (Å²) >= 11 is 0. The maximum atomic E-state index is 11.3. The molecule has 1 aromatic rings. The summed E-state index contributed by atoms with van der Waals surface area (Å²) < 4.78 is 4.85. The molecule has 92 valence electrons. The van der Waals surface area contributed by atoms with Crippen molar-refractivity contribution in [3.63, 3.8) is 0 Å². The topological polar surface area (TPSA) is 55.4 Å². The molecule has 0 aliphatic carbocycles. The highest BCUT2D eigenvalue weighted by Crippen LogP contribution is 1.98. The van der Waals surface area contributed by atoms with Gasteiger partial charge in [0, 0.05) is 6.54 Å². The minimum Gasteiger partial charge on any atom is -0.439 e. The molecule has 0 aromatic heterocycles. The van der Waals surface area contributed by atoms with Crippen LogP contribution in [-0.4, -0.2) is 24.5 Å². The van der Waals surface area contributed by atoms with Gasteiger partial charge >= 0.3 is 6.09 Å². The molecule has 0 fully saturated rings. The Morgan fingerprint density at radius 2 is 1.94 bits per heavy atom. The summed E-state index contributed by atoms with van der Waals surface area (Å²) in [6.45, 7) is 3.44. The Bertz CT molecular complexity index is 376. The van der Waals surface area contributed by atoms with E-state index >= 15 is 0 Å². The van der Waals surface area contributed by atoms with E-state index in [1.165, 1.54) is 6.92 Å². The second-order valence-electron chi connectivity index (χ2n) is 3.82. The lowest BCUT2D eigenvalue weighted by atomic mass is 10.1. The number of hydrogen-bond donors (Lipinski definition) is 1. The summed E-state index contributed by atoms with van der Waals surface area (Å²) in [6.07, 6.45) is -0.500. The van der Waals surface area contributed by atoms with Crippen molar-refractivity contribution in [2.75, 3.05) is 6.54 Å². The fraction of sp³-hybridized carbons (Fsp3) is 0.385. The second kappa shape index (κ2) is 6.68. The van der Waals surface area contributed by atoms with Gasteiger partial charge in [0.15, 0.2) is 11.9 Å². The zero-order chi connectivity index (χ0) is 12.7. The molecule has 1 N–H and O–H groups in total. The number of Topliss-reactive ketones (excluding diaryl/α,β-unsaturated/α-hetero) is 1. The molecule has 0 aliphatic rings. The van der Waals surface area contributed by atoms with Crippen molar-refractivity contribution in [1.82, 2.24) is 5.32 Å². The van der Waals surface area contributed by atoms with Crippen molar-refractivity contribution in [2.45, 2.75) is 26.4 Å². The first-order chi connectivity index (χ1) is 8.09. The summed E-state index contributed by atoms with van der Waals surface area (Å²) in [5, 5.41) is 2.60. The second-order valence-corrected chi connectivity index (χ2v) is 3.82. The highest BCUT2D eigenvalue weighted by Gasteiger charge is 2.12. The van der Waals surface area contributed by atoms with Gasteiger partial charge in [-0.15, -0.1) is 0 Å². The molecular weight excluding hydrogens is 218 g/mol. The average Bonchev–Trinajstić information content (AvgIpc) is 2.30. The number of carbonyl (C=O) groups is 2. The predicted octanol–water partition coefficient (Wildman–Crippen LogP) is 1.93. The Labute approximate surface area is 101 Å². The van der Waals surface area contributed by atoms with E-state index in [9.17, 15) is 9.59 Å². The van der Waals surface area contributed by atoms with Crippen LogP contribution in [0.1, 0.15) is 19.4 Å². The van der Waals surface area contributed by atoms with Crippen LogP contribution in [0, 0.1) is 0 Å². The molecule has 0 spiro atoms. The molecule has 1 unspecified atom stereocenters. The number of hydrogen-bond acceptors (Lipinski definition) is 3. The van der Waals surface area contributed by atoms with Gasteiger partial charge in [0.1, 0.15) is 0 Å². The molecule has 1 rings (SSSR count). The smallest absolute Gasteiger partial charge is 0.407 e. The van der Waals surface area contributed by atoms with Gasteiger partial charge in [-0.2, -0.15) is 0 Å². The minimum absolute atomic E-state index is 0.164. The van der Waals surface area contributed by atoms with E-state index in [4.69, 9.17) is 4.74 Å². The van der Waals surface area contributed by atoms with Crippen LogP contribution in [0.25, 0.3) is 0 Å². The minimum atomic E-state index is -0.688. The molecule has 1 amide bonds. The highest BCUT2D eigenvalue weighted by molar-refractivity contribution is 5.82. The molecule has 0 radical (unpaired) electrons. The molecule has 0 saturated heterocycles. The Morgan fingerprint density at radius 1 is 1.29 bits per heavy atom. The molecule has 1 atom stereocenters. The van der Waals surface area contributed by atoms with Crippen LogP contribution in [0.3, 0.4) is 0 Å². The third kappa shape index (κ3) is 5.15. The van der Waals surface area contributed by atoms with E-state index in [2.05, 4.69) is 5.32 Å². The number of alkyl carbamates (subject to hydrolysis) is 1. The summed E-state index contributed by atoms with van der Waals surface area (Å²) in [5.74, 6) is -0.164. The van der Waals surface area contributed by atoms with Crippen molar-refractivity contribution in [1.29, 1.82) is 0 Å². The summed E-state index contributed by atoms with van der Waals surface area (Å²) in [5.41, 5.74) is 1.15. The normalized spacial score (nSPS) is 11.6. The number of ketones is 1. The number of nitrogens with one attached hydrogen (secondary N) is 1. The van der Waals surface area contributed by atoms with Crippen LogP contribution < -0.4 is 5.32 Å². The lowest BCUT2D eigenvalue weighted by Gasteiger charge is -2.10. The van der Waals surface area contributed by atoms with Gasteiger partial charge in [0.05, 0.1) is 0 Å². The third-order valence-electron chi connectivity index (χ3n) is 2.38. The van der Waals surface area contributed by atoms with E-state index in [1.807, 2.05) is 30.3 Å². The number of ether oxygens (including phenoxy) is 1. The average molecular weight is 235 g/mol. The van der Waals surface area contributed by atoms with Crippen molar-refractivity contribution < 1.29 is 14.3 Å². The van der Waals surface area contributed by atoms with Crippen molar-refractivity contribution in [3.05, 3.63) is 35.9 Å². The van der Waals surface area contributed by atoms with Crippen molar-refractivity contribution >= 4 is 11.9 Å². The Kier molecular flexibility index (Phi) is 5.20. The molecule has 0 aliphatic heterocycles. The van der Waals surface area contributed by atoms with Gasteiger partial charge < -0.3 is 10.1 Å². The molecule has 0 saturated carbocycles.